The molecule has 10 heteroatoms. The van der Waals surface area contributed by atoms with Crippen LogP contribution in [0, 0.1) is 5.82 Å². The van der Waals surface area contributed by atoms with Crippen molar-refractivity contribution in [2.75, 3.05) is 62.4 Å². The molecular weight excluding hydrogens is 505 g/mol. The predicted molar refractivity (Wildman–Crippen MR) is 152 cm³/mol. The Morgan fingerprint density at radius 1 is 1.11 bits per heavy atom. The maximum Gasteiger partial charge on any atom is 0.158 e. The first-order valence-electron chi connectivity index (χ1n) is 13.0. The Labute approximate surface area is 228 Å². The molecule has 0 amide bonds. The van der Waals surface area contributed by atoms with Crippen LogP contribution in [-0.2, 0) is 11.3 Å². The van der Waals surface area contributed by atoms with Crippen LogP contribution in [0.25, 0.3) is 11.1 Å². The number of benzene rings is 2. The molecule has 2 aromatic carbocycles. The van der Waals surface area contributed by atoms with Crippen molar-refractivity contribution in [3.8, 4) is 11.1 Å². The lowest BCUT2D eigenvalue weighted by molar-refractivity contribution is 0.0342. The summed E-state index contributed by atoms with van der Waals surface area (Å²) in [7, 11) is 2.13. The molecule has 0 spiro atoms. The van der Waals surface area contributed by atoms with E-state index in [0.717, 1.165) is 62.8 Å². The number of rotatable bonds is 6. The molecule has 3 N–H and O–H groups in total. The van der Waals surface area contributed by atoms with E-state index in [9.17, 15) is 0 Å². The smallest absolute Gasteiger partial charge is 0.158 e. The third-order valence-electron chi connectivity index (χ3n) is 7.62. The number of hydrogen-bond donors (Lipinski definition) is 2. The second-order valence-electron chi connectivity index (χ2n) is 10.3. The van der Waals surface area contributed by atoms with E-state index in [-0.39, 0.29) is 16.7 Å². The molecule has 0 radical (unpaired) electrons. The van der Waals surface area contributed by atoms with Gasteiger partial charge < -0.3 is 20.7 Å². The van der Waals surface area contributed by atoms with Crippen LogP contribution in [0.15, 0.2) is 42.7 Å². The maximum absolute atomic E-state index is 15.9. The molecule has 0 saturated carbocycles. The van der Waals surface area contributed by atoms with Crippen LogP contribution in [0.1, 0.15) is 19.4 Å². The van der Waals surface area contributed by atoms with E-state index in [1.165, 1.54) is 6.33 Å². The minimum atomic E-state index is -0.276. The van der Waals surface area contributed by atoms with Crippen LogP contribution < -0.4 is 16.0 Å². The molecule has 0 aliphatic carbocycles. The summed E-state index contributed by atoms with van der Waals surface area (Å²) in [4.78, 5) is 15.2. The van der Waals surface area contributed by atoms with Gasteiger partial charge in [-0.3, -0.25) is 9.80 Å². The zero-order valence-corrected chi connectivity index (χ0v) is 22.9. The number of hydrogen-bond acceptors (Lipinski definition) is 8. The van der Waals surface area contributed by atoms with E-state index < -0.39 is 0 Å². The largest absolute Gasteiger partial charge is 0.393 e. The van der Waals surface area contributed by atoms with Crippen LogP contribution in [0.5, 0.6) is 0 Å². The average Bonchev–Trinajstić information content (AvgIpc) is 2.91. The molecule has 3 aromatic rings. The van der Waals surface area contributed by atoms with Crippen molar-refractivity contribution in [1.29, 1.82) is 0 Å². The molecule has 5 rings (SSSR count). The summed E-state index contributed by atoms with van der Waals surface area (Å²) in [6.45, 7) is 9.97. The quantitative estimate of drug-likeness (QED) is 0.439. The number of halogens is 2. The summed E-state index contributed by atoms with van der Waals surface area (Å²) in [5.41, 5.74) is 10.4. The minimum Gasteiger partial charge on any atom is -0.393 e. The van der Waals surface area contributed by atoms with Gasteiger partial charge in [0.25, 0.3) is 0 Å². The Morgan fingerprint density at radius 2 is 1.84 bits per heavy atom. The number of anilines is 4. The normalized spacial score (nSPS) is 21.0. The van der Waals surface area contributed by atoms with Crippen molar-refractivity contribution in [3.63, 3.8) is 0 Å². The molecule has 2 aliphatic rings. The summed E-state index contributed by atoms with van der Waals surface area (Å²) in [6.07, 6.45) is 1.36. The maximum atomic E-state index is 15.9. The summed E-state index contributed by atoms with van der Waals surface area (Å²) < 4.78 is 21.3. The van der Waals surface area contributed by atoms with E-state index in [4.69, 9.17) is 22.1 Å². The van der Waals surface area contributed by atoms with Gasteiger partial charge in [0.2, 0.25) is 0 Å². The Bertz CT molecular complexity index is 1270. The average molecular weight is 540 g/mol. The van der Waals surface area contributed by atoms with Crippen molar-refractivity contribution < 1.29 is 9.13 Å². The lowest BCUT2D eigenvalue weighted by Gasteiger charge is -2.44. The summed E-state index contributed by atoms with van der Waals surface area (Å²) >= 11 is 6.17. The monoisotopic (exact) mass is 539 g/mol. The highest BCUT2D eigenvalue weighted by atomic mass is 35.5. The van der Waals surface area contributed by atoms with Crippen molar-refractivity contribution in [3.05, 3.63) is 59.3 Å². The molecule has 38 heavy (non-hydrogen) atoms. The molecule has 3 heterocycles. The highest BCUT2D eigenvalue weighted by Gasteiger charge is 2.29. The van der Waals surface area contributed by atoms with Crippen LogP contribution in [-0.4, -0.2) is 78.3 Å². The van der Waals surface area contributed by atoms with Crippen LogP contribution >= 0.6 is 11.6 Å². The van der Waals surface area contributed by atoms with Gasteiger partial charge >= 0.3 is 0 Å². The molecule has 2 fully saturated rings. The highest BCUT2D eigenvalue weighted by molar-refractivity contribution is 6.32. The van der Waals surface area contributed by atoms with Gasteiger partial charge in [-0.15, -0.1) is 0 Å². The van der Waals surface area contributed by atoms with Gasteiger partial charge in [0.1, 0.15) is 17.8 Å². The number of nitrogens with one attached hydrogen (secondary N) is 1. The fraction of sp³-hybridized carbons (Fsp3) is 0.429. The van der Waals surface area contributed by atoms with Crippen molar-refractivity contribution in [2.45, 2.75) is 32.5 Å². The summed E-state index contributed by atoms with van der Waals surface area (Å²) in [6, 6.07) is 12.2. The first-order chi connectivity index (χ1) is 18.3. The summed E-state index contributed by atoms with van der Waals surface area (Å²) in [5, 5.41) is 3.50. The predicted octanol–water partition coefficient (Wildman–Crippen LogP) is 4.62. The number of nitrogens with two attached hydrogens (primary N) is 1. The Morgan fingerprint density at radius 3 is 2.58 bits per heavy atom. The van der Waals surface area contributed by atoms with E-state index in [0.29, 0.717) is 29.2 Å². The van der Waals surface area contributed by atoms with Crippen molar-refractivity contribution in [2.24, 2.45) is 0 Å². The number of nitrogens with zero attached hydrogens (tertiary/aromatic N) is 5. The van der Waals surface area contributed by atoms with Crippen LogP contribution in [0.2, 0.25) is 5.15 Å². The lowest BCUT2D eigenvalue weighted by atomic mass is 9.99. The number of ether oxygens (including phenoxy) is 1. The SMILES string of the molecule is C[C@@H]1CN(c2cc(F)c(-c3cccc(CN4CCOCC4)c3)cc2Nc2ncnc(Cl)c2N)C[C@H](C)N1C. The molecule has 0 unspecified atom stereocenters. The Hall–Kier alpha value is -2.98. The molecule has 1 aromatic heterocycles. The van der Waals surface area contributed by atoms with Crippen LogP contribution in [0.4, 0.5) is 27.3 Å². The summed E-state index contributed by atoms with van der Waals surface area (Å²) in [5.74, 6) is 0.113. The fourth-order valence-electron chi connectivity index (χ4n) is 5.20. The third kappa shape index (κ3) is 5.71. The lowest BCUT2D eigenvalue weighted by Crippen LogP contribution is -2.55. The molecule has 2 aliphatic heterocycles. The van der Waals surface area contributed by atoms with Gasteiger partial charge in [0.15, 0.2) is 11.0 Å². The molecule has 202 valence electrons. The van der Waals surface area contributed by atoms with E-state index in [1.807, 2.05) is 18.2 Å². The zero-order chi connectivity index (χ0) is 26.8. The molecule has 8 nitrogen and oxygen atoms in total. The second-order valence-corrected chi connectivity index (χ2v) is 10.6. The second kappa shape index (κ2) is 11.4. The number of piperazine rings is 1. The van der Waals surface area contributed by atoms with Crippen LogP contribution in [0.3, 0.4) is 0 Å². The number of likely N-dealkylation sites (N-methyl/N-ethyl adjacent to an activating group) is 1. The molecular formula is C28H35ClFN7O. The van der Waals surface area contributed by atoms with Gasteiger partial charge in [-0.25, -0.2) is 14.4 Å². The van der Waals surface area contributed by atoms with Gasteiger partial charge in [0.05, 0.1) is 24.6 Å². The van der Waals surface area contributed by atoms with E-state index in [1.54, 1.807) is 6.07 Å². The molecule has 2 atom stereocenters. The van der Waals surface area contributed by atoms with E-state index in [2.05, 4.69) is 63.0 Å². The topological polar surface area (TPSA) is 82.8 Å². The first kappa shape index (κ1) is 26.6. The van der Waals surface area contributed by atoms with E-state index >= 15 is 4.39 Å². The van der Waals surface area contributed by atoms with Gasteiger partial charge in [-0.1, -0.05) is 29.8 Å². The molecule has 2 saturated heterocycles. The number of nitrogen functional groups attached to an aromatic ring is 1. The van der Waals surface area contributed by atoms with Crippen molar-refractivity contribution in [1.82, 2.24) is 19.8 Å². The number of aromatic nitrogens is 2. The highest BCUT2D eigenvalue weighted by Crippen LogP contribution is 2.38. The fourth-order valence-corrected chi connectivity index (χ4v) is 5.34. The Balaban J connectivity index is 1.53. The van der Waals surface area contributed by atoms with Gasteiger partial charge in [0, 0.05) is 50.4 Å². The minimum absolute atomic E-state index is 0.170. The first-order valence-corrected chi connectivity index (χ1v) is 13.4. The van der Waals surface area contributed by atoms with Gasteiger partial charge in [-0.2, -0.15) is 0 Å². The third-order valence-corrected chi connectivity index (χ3v) is 7.92. The zero-order valence-electron chi connectivity index (χ0n) is 22.1. The molecule has 0 bridgehead atoms. The standard InChI is InChI=1S/C28H35ClFN7O/c1-18-14-37(15-19(2)35(18)3)25-13-23(30)22(12-24(25)34-28-26(31)27(29)32-17-33-28)21-6-4-5-20(11-21)16-36-7-9-38-10-8-36/h4-6,11-13,17-19H,7-10,14-16,31H2,1-3H3,(H,32,33,34)/t18-,19+. The van der Waals surface area contributed by atoms with Crippen molar-refractivity contribution >= 4 is 34.5 Å². The Kier molecular flexibility index (Phi) is 7.99. The number of morpholine rings is 1. The van der Waals surface area contributed by atoms with Gasteiger partial charge in [-0.05, 0) is 50.2 Å².